The van der Waals surface area contributed by atoms with E-state index in [0.29, 0.717) is 16.9 Å². The second-order valence-corrected chi connectivity index (χ2v) is 8.05. The minimum atomic E-state index is -0.590. The van der Waals surface area contributed by atoms with Gasteiger partial charge in [0.05, 0.1) is 16.9 Å². The number of para-hydroxylation sites is 1. The van der Waals surface area contributed by atoms with E-state index in [-0.39, 0.29) is 11.6 Å². The molecule has 0 saturated heterocycles. The number of nitrogens with two attached hydrogens (primary N) is 1. The lowest BCUT2D eigenvalue weighted by Gasteiger charge is -2.07. The summed E-state index contributed by atoms with van der Waals surface area (Å²) in [5.74, 6) is -0.861. The number of aromatic nitrogens is 4. The van der Waals surface area contributed by atoms with Crippen molar-refractivity contribution in [2.45, 2.75) is 6.92 Å². The lowest BCUT2D eigenvalue weighted by atomic mass is 10.1. The molecule has 5 rings (SSSR count). The molecule has 8 nitrogen and oxygen atoms in total. The van der Waals surface area contributed by atoms with Crippen molar-refractivity contribution in [2.75, 3.05) is 5.32 Å². The number of hydrogen-bond donors (Lipinski definition) is 2. The molecule has 2 aromatic heterocycles. The van der Waals surface area contributed by atoms with E-state index in [1.807, 2.05) is 61.5 Å². The minimum Gasteiger partial charge on any atom is -0.364 e. The molecule has 0 fully saturated rings. The first-order valence-electron chi connectivity index (χ1n) is 11.0. The van der Waals surface area contributed by atoms with Gasteiger partial charge in [-0.3, -0.25) is 9.59 Å². The van der Waals surface area contributed by atoms with Crippen LogP contribution in [0.4, 0.5) is 5.69 Å². The highest BCUT2D eigenvalue weighted by molar-refractivity contribution is 6.08. The van der Waals surface area contributed by atoms with E-state index in [2.05, 4.69) is 10.4 Å². The van der Waals surface area contributed by atoms with E-state index in [1.165, 1.54) is 0 Å². The van der Waals surface area contributed by atoms with Gasteiger partial charge in [-0.2, -0.15) is 10.2 Å². The van der Waals surface area contributed by atoms with Gasteiger partial charge in [0, 0.05) is 23.6 Å². The van der Waals surface area contributed by atoms with Crippen molar-refractivity contribution in [3.8, 4) is 22.6 Å². The lowest BCUT2D eigenvalue weighted by Crippen LogP contribution is -2.13. The van der Waals surface area contributed by atoms with Crippen molar-refractivity contribution in [3.63, 3.8) is 0 Å². The third-order valence-electron chi connectivity index (χ3n) is 5.50. The molecule has 2 amide bonds. The van der Waals surface area contributed by atoms with Crippen LogP contribution in [0.2, 0.25) is 0 Å². The molecule has 0 aliphatic rings. The maximum Gasteiger partial charge on any atom is 0.269 e. The SMILES string of the molecule is Cc1cccc(-c2nn(-c3ccccc3)cc2C(=O)Nc2ccc(-n3ccc(C(N)=O)n3)cc2)c1. The topological polar surface area (TPSA) is 108 Å². The first-order chi connectivity index (χ1) is 17.0. The largest absolute Gasteiger partial charge is 0.364 e. The summed E-state index contributed by atoms with van der Waals surface area (Å²) >= 11 is 0. The van der Waals surface area contributed by atoms with E-state index in [0.717, 1.165) is 22.5 Å². The first kappa shape index (κ1) is 21.8. The third-order valence-corrected chi connectivity index (χ3v) is 5.50. The number of aryl methyl sites for hydroxylation is 1. The van der Waals surface area contributed by atoms with Crippen molar-refractivity contribution < 1.29 is 9.59 Å². The predicted octanol–water partition coefficient (Wildman–Crippen LogP) is 4.38. The van der Waals surface area contributed by atoms with Gasteiger partial charge in [0.15, 0.2) is 0 Å². The van der Waals surface area contributed by atoms with Crippen LogP contribution in [0.3, 0.4) is 0 Å². The summed E-state index contributed by atoms with van der Waals surface area (Å²) < 4.78 is 3.26. The molecule has 3 N–H and O–H groups in total. The quantitative estimate of drug-likeness (QED) is 0.390. The Morgan fingerprint density at radius 1 is 0.829 bits per heavy atom. The van der Waals surface area contributed by atoms with E-state index >= 15 is 0 Å². The molecule has 0 aliphatic carbocycles. The van der Waals surface area contributed by atoms with Crippen molar-refractivity contribution in [2.24, 2.45) is 5.73 Å². The fraction of sp³-hybridized carbons (Fsp3) is 0.0370. The molecule has 2 heterocycles. The van der Waals surface area contributed by atoms with Gasteiger partial charge in [-0.15, -0.1) is 0 Å². The van der Waals surface area contributed by atoms with Crippen LogP contribution in [-0.4, -0.2) is 31.4 Å². The van der Waals surface area contributed by atoms with Gasteiger partial charge in [0.25, 0.3) is 11.8 Å². The van der Waals surface area contributed by atoms with Gasteiger partial charge in [-0.25, -0.2) is 9.36 Å². The number of carbonyl (C=O) groups excluding carboxylic acids is 2. The van der Waals surface area contributed by atoms with Crippen molar-refractivity contribution >= 4 is 17.5 Å². The minimum absolute atomic E-state index is 0.182. The molecule has 0 atom stereocenters. The average molecular weight is 463 g/mol. The van der Waals surface area contributed by atoms with Crippen molar-refractivity contribution in [1.29, 1.82) is 0 Å². The first-order valence-corrected chi connectivity index (χ1v) is 11.0. The van der Waals surface area contributed by atoms with Crippen molar-refractivity contribution in [1.82, 2.24) is 19.6 Å². The molecule has 0 radical (unpaired) electrons. The number of nitrogens with one attached hydrogen (secondary N) is 1. The Morgan fingerprint density at radius 2 is 1.57 bits per heavy atom. The smallest absolute Gasteiger partial charge is 0.269 e. The van der Waals surface area contributed by atoms with E-state index in [4.69, 9.17) is 10.8 Å². The summed E-state index contributed by atoms with van der Waals surface area (Å²) in [6.45, 7) is 2.00. The molecule has 172 valence electrons. The average Bonchev–Trinajstić information content (AvgIpc) is 3.54. The second kappa shape index (κ2) is 9.11. The zero-order chi connectivity index (χ0) is 24.4. The molecule has 5 aromatic rings. The highest BCUT2D eigenvalue weighted by Crippen LogP contribution is 2.26. The van der Waals surface area contributed by atoms with Crippen LogP contribution in [0.5, 0.6) is 0 Å². The summed E-state index contributed by atoms with van der Waals surface area (Å²) in [6, 6.07) is 26.2. The molecule has 8 heteroatoms. The molecule has 3 aromatic carbocycles. The molecule has 0 spiro atoms. The van der Waals surface area contributed by atoms with Crippen molar-refractivity contribution in [3.05, 3.63) is 114 Å². The summed E-state index contributed by atoms with van der Waals surface area (Å²) in [4.78, 5) is 24.6. The Bertz CT molecular complexity index is 1520. The van der Waals surface area contributed by atoms with E-state index in [9.17, 15) is 9.59 Å². The molecular weight excluding hydrogens is 440 g/mol. The summed E-state index contributed by atoms with van der Waals surface area (Å²) in [5, 5.41) is 11.8. The van der Waals surface area contributed by atoms with Gasteiger partial charge in [-0.1, -0.05) is 42.0 Å². The Kier molecular flexibility index (Phi) is 5.68. The third kappa shape index (κ3) is 4.58. The molecule has 0 saturated carbocycles. The van der Waals surface area contributed by atoms with Gasteiger partial charge >= 0.3 is 0 Å². The van der Waals surface area contributed by atoms with E-state index in [1.54, 1.807) is 52.1 Å². The second-order valence-electron chi connectivity index (χ2n) is 8.05. The molecular formula is C27H22N6O2. The molecule has 0 aliphatic heterocycles. The number of primary amides is 1. The number of anilines is 1. The van der Waals surface area contributed by atoms with Gasteiger partial charge in [0.1, 0.15) is 11.4 Å². The zero-order valence-corrected chi connectivity index (χ0v) is 18.9. The summed E-state index contributed by atoms with van der Waals surface area (Å²) in [7, 11) is 0. The Morgan fingerprint density at radius 3 is 2.26 bits per heavy atom. The normalized spacial score (nSPS) is 10.8. The van der Waals surface area contributed by atoms with Crippen LogP contribution in [0.25, 0.3) is 22.6 Å². The maximum atomic E-state index is 13.3. The van der Waals surface area contributed by atoms with Crippen LogP contribution in [-0.2, 0) is 0 Å². The summed E-state index contributed by atoms with van der Waals surface area (Å²) in [5.41, 5.74) is 10.7. The number of nitrogens with zero attached hydrogens (tertiary/aromatic N) is 4. The summed E-state index contributed by atoms with van der Waals surface area (Å²) in [6.07, 6.45) is 3.39. The monoisotopic (exact) mass is 462 g/mol. The van der Waals surface area contributed by atoms with Crippen LogP contribution < -0.4 is 11.1 Å². The zero-order valence-electron chi connectivity index (χ0n) is 18.9. The van der Waals surface area contributed by atoms with Crippen LogP contribution >= 0.6 is 0 Å². The highest BCUT2D eigenvalue weighted by Gasteiger charge is 2.19. The lowest BCUT2D eigenvalue weighted by molar-refractivity contribution is 0.0993. The Balaban J connectivity index is 1.44. The number of benzene rings is 3. The molecule has 0 unspecified atom stereocenters. The molecule has 35 heavy (non-hydrogen) atoms. The van der Waals surface area contributed by atoms with Gasteiger partial charge in [-0.05, 0) is 55.5 Å². The van der Waals surface area contributed by atoms with E-state index < -0.39 is 5.91 Å². The number of rotatable bonds is 6. The molecule has 0 bridgehead atoms. The standard InChI is InChI=1S/C27H22N6O2/c1-18-6-5-7-19(16-18)25-23(17-33(31-25)21-8-3-2-4-9-21)27(35)29-20-10-12-22(13-11-20)32-15-14-24(30-32)26(28)34/h2-17H,1H3,(H2,28,34)(H,29,35). The van der Waals surface area contributed by atoms with Gasteiger partial charge in [0.2, 0.25) is 0 Å². The van der Waals surface area contributed by atoms with Gasteiger partial charge < -0.3 is 11.1 Å². The number of carbonyl (C=O) groups is 2. The predicted molar refractivity (Wildman–Crippen MR) is 134 cm³/mol. The fourth-order valence-electron chi connectivity index (χ4n) is 3.75. The number of hydrogen-bond acceptors (Lipinski definition) is 4. The van der Waals surface area contributed by atoms with Crippen LogP contribution in [0.15, 0.2) is 97.3 Å². The van der Waals surface area contributed by atoms with Crippen LogP contribution in [0.1, 0.15) is 26.4 Å². The maximum absolute atomic E-state index is 13.3. The number of amides is 2. The van der Waals surface area contributed by atoms with Crippen LogP contribution in [0, 0.1) is 6.92 Å². The Hall–Kier alpha value is -4.98. The Labute approximate surface area is 201 Å². The fourth-order valence-corrected chi connectivity index (χ4v) is 3.75. The highest BCUT2D eigenvalue weighted by atomic mass is 16.2.